The monoisotopic (exact) mass is 239 g/mol. The van der Waals surface area contributed by atoms with Crippen LogP contribution >= 0.6 is 0 Å². The van der Waals surface area contributed by atoms with Gasteiger partial charge in [-0.25, -0.2) is 0 Å². The number of hydrogen-bond donors (Lipinski definition) is 2. The van der Waals surface area contributed by atoms with E-state index in [1.807, 2.05) is 13.0 Å². The third-order valence-electron chi connectivity index (χ3n) is 2.16. The number of nitrogens with two attached hydrogens (primary N) is 1. The summed E-state index contributed by atoms with van der Waals surface area (Å²) in [4.78, 5) is 24.2. The van der Waals surface area contributed by atoms with Gasteiger partial charge in [-0.05, 0) is 19.1 Å². The van der Waals surface area contributed by atoms with Crippen LogP contribution in [-0.2, 0) is 16.1 Å². The fourth-order valence-electron chi connectivity index (χ4n) is 1.31. The summed E-state index contributed by atoms with van der Waals surface area (Å²) in [7, 11) is 1.54. The van der Waals surface area contributed by atoms with Crippen LogP contribution in [0.1, 0.15) is 11.5 Å². The number of carbonyl (C=O) groups excluding carboxylic acids is 2. The van der Waals surface area contributed by atoms with Crippen LogP contribution in [0.2, 0.25) is 0 Å². The maximum absolute atomic E-state index is 11.6. The topological polar surface area (TPSA) is 88.6 Å². The highest BCUT2D eigenvalue weighted by Crippen LogP contribution is 2.08. The van der Waals surface area contributed by atoms with E-state index in [-0.39, 0.29) is 13.1 Å². The molecule has 6 nitrogen and oxygen atoms in total. The second-order valence-electron chi connectivity index (χ2n) is 3.72. The van der Waals surface area contributed by atoms with Crippen LogP contribution in [-0.4, -0.2) is 36.9 Å². The molecule has 0 fully saturated rings. The van der Waals surface area contributed by atoms with Gasteiger partial charge in [0.25, 0.3) is 0 Å². The Hall–Kier alpha value is -1.82. The van der Waals surface area contributed by atoms with E-state index in [1.165, 1.54) is 4.90 Å². The average Bonchev–Trinajstić information content (AvgIpc) is 2.70. The molecule has 0 aliphatic carbocycles. The second kappa shape index (κ2) is 6.05. The van der Waals surface area contributed by atoms with E-state index in [9.17, 15) is 9.59 Å². The molecule has 0 saturated heterocycles. The molecule has 1 aromatic rings. The number of likely N-dealkylation sites (N-methyl/N-ethyl adjacent to an activating group) is 1. The highest BCUT2D eigenvalue weighted by Gasteiger charge is 2.18. The van der Waals surface area contributed by atoms with E-state index < -0.39 is 11.8 Å². The van der Waals surface area contributed by atoms with Crippen molar-refractivity contribution in [2.75, 3.05) is 20.1 Å². The van der Waals surface area contributed by atoms with Gasteiger partial charge in [-0.2, -0.15) is 0 Å². The minimum absolute atomic E-state index is 0.267. The van der Waals surface area contributed by atoms with Gasteiger partial charge in [0, 0.05) is 20.1 Å². The third-order valence-corrected chi connectivity index (χ3v) is 2.16. The molecule has 0 unspecified atom stereocenters. The molecule has 0 aromatic carbocycles. The predicted molar refractivity (Wildman–Crippen MR) is 62.0 cm³/mol. The van der Waals surface area contributed by atoms with Crippen molar-refractivity contribution in [2.24, 2.45) is 5.73 Å². The Kier molecular flexibility index (Phi) is 4.71. The van der Waals surface area contributed by atoms with Gasteiger partial charge in [0.05, 0.1) is 6.54 Å². The molecule has 0 atom stereocenters. The van der Waals surface area contributed by atoms with E-state index >= 15 is 0 Å². The number of nitrogens with one attached hydrogen (secondary N) is 1. The lowest BCUT2D eigenvalue weighted by Gasteiger charge is -2.14. The van der Waals surface area contributed by atoms with Crippen molar-refractivity contribution in [3.05, 3.63) is 23.7 Å². The molecule has 0 aliphatic rings. The smallest absolute Gasteiger partial charge is 0.312 e. The predicted octanol–water partition coefficient (Wildman–Crippen LogP) is -0.379. The zero-order chi connectivity index (χ0) is 12.8. The summed E-state index contributed by atoms with van der Waals surface area (Å²) >= 11 is 0. The van der Waals surface area contributed by atoms with Gasteiger partial charge in [-0.3, -0.25) is 9.59 Å². The number of aryl methyl sites for hydroxylation is 1. The van der Waals surface area contributed by atoms with Crippen LogP contribution in [0, 0.1) is 6.92 Å². The summed E-state index contributed by atoms with van der Waals surface area (Å²) in [5.74, 6) is 0.159. The van der Waals surface area contributed by atoms with Gasteiger partial charge >= 0.3 is 11.8 Å². The quantitative estimate of drug-likeness (QED) is 0.701. The van der Waals surface area contributed by atoms with Crippen LogP contribution in [0.25, 0.3) is 0 Å². The molecule has 1 rings (SSSR count). The molecule has 0 radical (unpaired) electrons. The summed E-state index contributed by atoms with van der Waals surface area (Å²) in [6, 6.07) is 3.58. The number of hydrogen-bond acceptors (Lipinski definition) is 4. The number of furan rings is 1. The van der Waals surface area contributed by atoms with Crippen LogP contribution < -0.4 is 11.1 Å². The van der Waals surface area contributed by atoms with Gasteiger partial charge in [-0.1, -0.05) is 0 Å². The van der Waals surface area contributed by atoms with E-state index in [1.54, 1.807) is 13.1 Å². The standard InChI is InChI=1S/C11H17N3O3/c1-8-3-4-9(17-8)7-14(2)11(16)10(15)13-6-5-12/h3-4H,5-7,12H2,1-2H3,(H,13,15). The lowest BCUT2D eigenvalue weighted by molar-refractivity contribution is -0.145. The van der Waals surface area contributed by atoms with Crippen LogP contribution in [0.5, 0.6) is 0 Å². The maximum atomic E-state index is 11.6. The molecule has 17 heavy (non-hydrogen) atoms. The molecule has 0 aliphatic heterocycles. The van der Waals surface area contributed by atoms with Gasteiger partial charge in [0.2, 0.25) is 0 Å². The Morgan fingerprint density at radius 1 is 1.47 bits per heavy atom. The fourth-order valence-corrected chi connectivity index (χ4v) is 1.31. The molecular weight excluding hydrogens is 222 g/mol. The minimum atomic E-state index is -0.652. The summed E-state index contributed by atoms with van der Waals surface area (Å²) in [6.07, 6.45) is 0. The molecule has 3 N–H and O–H groups in total. The Morgan fingerprint density at radius 3 is 2.71 bits per heavy atom. The third kappa shape index (κ3) is 3.92. The van der Waals surface area contributed by atoms with Crippen molar-refractivity contribution in [2.45, 2.75) is 13.5 Å². The number of carbonyl (C=O) groups is 2. The normalized spacial score (nSPS) is 10.1. The van der Waals surface area contributed by atoms with Crippen LogP contribution in [0.4, 0.5) is 0 Å². The lowest BCUT2D eigenvalue weighted by Crippen LogP contribution is -2.42. The maximum Gasteiger partial charge on any atom is 0.312 e. The number of rotatable bonds is 4. The molecule has 1 heterocycles. The highest BCUT2D eigenvalue weighted by molar-refractivity contribution is 6.34. The van der Waals surface area contributed by atoms with Crippen LogP contribution in [0.3, 0.4) is 0 Å². The first kappa shape index (κ1) is 13.2. The Bertz CT molecular complexity index is 400. The van der Waals surface area contributed by atoms with Crippen molar-refractivity contribution in [3.63, 3.8) is 0 Å². The minimum Gasteiger partial charge on any atom is -0.464 e. The summed E-state index contributed by atoms with van der Waals surface area (Å²) in [5, 5.41) is 2.42. The second-order valence-corrected chi connectivity index (χ2v) is 3.72. The van der Waals surface area contributed by atoms with E-state index in [0.717, 1.165) is 5.76 Å². The summed E-state index contributed by atoms with van der Waals surface area (Å²) < 4.78 is 5.32. The van der Waals surface area contributed by atoms with Crippen molar-refractivity contribution in [1.29, 1.82) is 0 Å². The fraction of sp³-hybridized carbons (Fsp3) is 0.455. The average molecular weight is 239 g/mol. The Labute approximate surface area is 99.8 Å². The van der Waals surface area contributed by atoms with E-state index in [2.05, 4.69) is 5.32 Å². The highest BCUT2D eigenvalue weighted by atomic mass is 16.3. The summed E-state index contributed by atoms with van der Waals surface area (Å²) in [6.45, 7) is 2.68. The van der Waals surface area contributed by atoms with Gasteiger partial charge in [0.15, 0.2) is 0 Å². The van der Waals surface area contributed by atoms with Gasteiger partial charge in [-0.15, -0.1) is 0 Å². The van der Waals surface area contributed by atoms with Gasteiger partial charge in [0.1, 0.15) is 11.5 Å². The van der Waals surface area contributed by atoms with Gasteiger partial charge < -0.3 is 20.4 Å². The van der Waals surface area contributed by atoms with Crippen molar-refractivity contribution in [3.8, 4) is 0 Å². The molecule has 6 heteroatoms. The molecule has 0 bridgehead atoms. The SMILES string of the molecule is Cc1ccc(CN(C)C(=O)C(=O)NCCN)o1. The Balaban J connectivity index is 2.49. The molecule has 94 valence electrons. The summed E-state index contributed by atoms with van der Waals surface area (Å²) in [5.41, 5.74) is 5.22. The van der Waals surface area contributed by atoms with Crippen molar-refractivity contribution in [1.82, 2.24) is 10.2 Å². The first-order valence-electron chi connectivity index (χ1n) is 5.33. The number of amides is 2. The molecule has 2 amide bonds. The van der Waals surface area contributed by atoms with Crippen LogP contribution in [0.15, 0.2) is 16.5 Å². The zero-order valence-electron chi connectivity index (χ0n) is 10.0. The zero-order valence-corrected chi connectivity index (χ0v) is 10.0. The van der Waals surface area contributed by atoms with Crippen molar-refractivity contribution < 1.29 is 14.0 Å². The Morgan fingerprint density at radius 2 is 2.18 bits per heavy atom. The molecule has 1 aromatic heterocycles. The molecule has 0 saturated carbocycles. The lowest BCUT2D eigenvalue weighted by atomic mass is 10.4. The van der Waals surface area contributed by atoms with E-state index in [4.69, 9.17) is 10.2 Å². The largest absolute Gasteiger partial charge is 0.464 e. The number of nitrogens with zero attached hydrogens (tertiary/aromatic N) is 1. The van der Waals surface area contributed by atoms with E-state index in [0.29, 0.717) is 12.3 Å². The first-order valence-corrected chi connectivity index (χ1v) is 5.33. The van der Waals surface area contributed by atoms with Crippen molar-refractivity contribution >= 4 is 11.8 Å². The first-order chi connectivity index (χ1) is 8.04. The molecule has 0 spiro atoms. The molecular formula is C11H17N3O3.